The van der Waals surface area contributed by atoms with Crippen molar-refractivity contribution in [1.29, 1.82) is 0 Å². The molecule has 19 heavy (non-hydrogen) atoms. The summed E-state index contributed by atoms with van der Waals surface area (Å²) >= 11 is 3.34. The molecule has 1 aromatic carbocycles. The van der Waals surface area contributed by atoms with Crippen LogP contribution in [0.3, 0.4) is 0 Å². The van der Waals surface area contributed by atoms with Crippen molar-refractivity contribution >= 4 is 21.8 Å². The predicted molar refractivity (Wildman–Crippen MR) is 73.6 cm³/mol. The molecule has 1 aliphatic rings. The lowest BCUT2D eigenvalue weighted by Crippen LogP contribution is -2.39. The van der Waals surface area contributed by atoms with Crippen LogP contribution in [0.5, 0.6) is 5.75 Å². The highest BCUT2D eigenvalue weighted by Crippen LogP contribution is 2.22. The summed E-state index contributed by atoms with van der Waals surface area (Å²) in [7, 11) is 1.54. The maximum atomic E-state index is 12.1. The van der Waals surface area contributed by atoms with Crippen LogP contribution in [0.25, 0.3) is 0 Å². The van der Waals surface area contributed by atoms with E-state index in [4.69, 9.17) is 14.2 Å². The maximum absolute atomic E-state index is 12.1. The van der Waals surface area contributed by atoms with Gasteiger partial charge in [-0.25, -0.2) is 0 Å². The molecule has 6 heteroatoms. The number of nitrogens with one attached hydrogen (secondary N) is 1. The molecular formula is C13H16BrNO4. The lowest BCUT2D eigenvalue weighted by Gasteiger charge is -2.23. The standard InChI is InChI=1S/C13H16BrNO4/c1-17-12-3-2-9(14)6-11(12)13(16)15-7-10-8-18-4-5-19-10/h2-3,6,10H,4-5,7-8H2,1H3,(H,15,16). The van der Waals surface area contributed by atoms with E-state index in [-0.39, 0.29) is 12.0 Å². The summed E-state index contributed by atoms with van der Waals surface area (Å²) in [6.07, 6.45) is -0.0872. The molecule has 1 heterocycles. The molecule has 0 aliphatic carbocycles. The van der Waals surface area contributed by atoms with E-state index in [1.165, 1.54) is 7.11 Å². The Morgan fingerprint density at radius 1 is 1.53 bits per heavy atom. The largest absolute Gasteiger partial charge is 0.496 e. The van der Waals surface area contributed by atoms with Gasteiger partial charge in [-0.1, -0.05) is 15.9 Å². The van der Waals surface area contributed by atoms with Crippen LogP contribution in [0.15, 0.2) is 22.7 Å². The highest BCUT2D eigenvalue weighted by molar-refractivity contribution is 9.10. The monoisotopic (exact) mass is 329 g/mol. The van der Waals surface area contributed by atoms with Gasteiger partial charge >= 0.3 is 0 Å². The first-order valence-corrected chi connectivity index (χ1v) is 6.81. The summed E-state index contributed by atoms with van der Waals surface area (Å²) in [6, 6.07) is 5.30. The molecule has 1 aliphatic heterocycles. The molecule has 0 saturated carbocycles. The number of carbonyl (C=O) groups is 1. The van der Waals surface area contributed by atoms with Crippen molar-refractivity contribution in [1.82, 2.24) is 5.32 Å². The number of halogens is 1. The third-order valence-corrected chi connectivity index (χ3v) is 3.27. The zero-order chi connectivity index (χ0) is 13.7. The van der Waals surface area contributed by atoms with Crippen molar-refractivity contribution in [3.63, 3.8) is 0 Å². The van der Waals surface area contributed by atoms with E-state index in [0.717, 1.165) is 4.47 Å². The topological polar surface area (TPSA) is 56.8 Å². The van der Waals surface area contributed by atoms with E-state index in [1.807, 2.05) is 6.07 Å². The van der Waals surface area contributed by atoms with E-state index < -0.39 is 0 Å². The van der Waals surface area contributed by atoms with Crippen LogP contribution in [0, 0.1) is 0 Å². The van der Waals surface area contributed by atoms with E-state index >= 15 is 0 Å². The first-order chi connectivity index (χ1) is 9.20. The average Bonchev–Trinajstić information content (AvgIpc) is 2.46. The lowest BCUT2D eigenvalue weighted by atomic mass is 10.2. The Kier molecular flexibility index (Phi) is 5.18. The second-order valence-corrected chi connectivity index (χ2v) is 5.04. The molecule has 0 bridgehead atoms. The number of hydrogen-bond donors (Lipinski definition) is 1. The third-order valence-electron chi connectivity index (χ3n) is 2.78. The summed E-state index contributed by atoms with van der Waals surface area (Å²) in [6.45, 7) is 2.12. The molecule has 104 valence electrons. The van der Waals surface area contributed by atoms with Gasteiger partial charge in [0.2, 0.25) is 0 Å². The van der Waals surface area contributed by atoms with Gasteiger partial charge in [0.15, 0.2) is 0 Å². The number of ether oxygens (including phenoxy) is 3. The van der Waals surface area contributed by atoms with Crippen molar-refractivity contribution in [3.8, 4) is 5.75 Å². The molecule has 1 N–H and O–H groups in total. The normalized spacial score (nSPS) is 18.9. The van der Waals surface area contributed by atoms with Crippen LogP contribution in [-0.2, 0) is 9.47 Å². The minimum absolute atomic E-state index is 0.0872. The van der Waals surface area contributed by atoms with E-state index in [0.29, 0.717) is 37.7 Å². The Morgan fingerprint density at radius 2 is 2.37 bits per heavy atom. The SMILES string of the molecule is COc1ccc(Br)cc1C(=O)NCC1COCCO1. The van der Waals surface area contributed by atoms with Crippen LogP contribution in [-0.4, -0.2) is 45.5 Å². The molecule has 1 aromatic rings. The molecule has 0 radical (unpaired) electrons. The van der Waals surface area contributed by atoms with Gasteiger partial charge in [0.1, 0.15) is 5.75 Å². The van der Waals surface area contributed by atoms with Gasteiger partial charge in [0, 0.05) is 11.0 Å². The minimum Gasteiger partial charge on any atom is -0.496 e. The van der Waals surface area contributed by atoms with Gasteiger partial charge in [-0.3, -0.25) is 4.79 Å². The maximum Gasteiger partial charge on any atom is 0.255 e. The van der Waals surface area contributed by atoms with Crippen molar-refractivity contribution in [2.45, 2.75) is 6.10 Å². The smallest absolute Gasteiger partial charge is 0.255 e. The molecule has 0 spiro atoms. The van der Waals surface area contributed by atoms with Gasteiger partial charge in [0.05, 0.1) is 38.6 Å². The highest BCUT2D eigenvalue weighted by Gasteiger charge is 2.17. The van der Waals surface area contributed by atoms with Gasteiger partial charge in [-0.05, 0) is 18.2 Å². The molecule has 2 rings (SSSR count). The van der Waals surface area contributed by atoms with Gasteiger partial charge in [-0.15, -0.1) is 0 Å². The molecular weight excluding hydrogens is 314 g/mol. The highest BCUT2D eigenvalue weighted by atomic mass is 79.9. The van der Waals surface area contributed by atoms with Crippen LogP contribution in [0.2, 0.25) is 0 Å². The number of methoxy groups -OCH3 is 1. The van der Waals surface area contributed by atoms with E-state index in [1.54, 1.807) is 12.1 Å². The predicted octanol–water partition coefficient (Wildman–Crippen LogP) is 1.60. The number of amides is 1. The average molecular weight is 330 g/mol. The molecule has 1 fully saturated rings. The second kappa shape index (κ2) is 6.88. The first-order valence-electron chi connectivity index (χ1n) is 6.02. The van der Waals surface area contributed by atoms with Crippen molar-refractivity contribution < 1.29 is 19.0 Å². The number of benzene rings is 1. The van der Waals surface area contributed by atoms with Crippen LogP contribution in [0.4, 0.5) is 0 Å². The van der Waals surface area contributed by atoms with Gasteiger partial charge in [0.25, 0.3) is 5.91 Å². The van der Waals surface area contributed by atoms with Gasteiger partial charge < -0.3 is 19.5 Å². The summed E-state index contributed by atoms with van der Waals surface area (Å²) in [5, 5.41) is 2.83. The summed E-state index contributed by atoms with van der Waals surface area (Å²) in [5.41, 5.74) is 0.494. The second-order valence-electron chi connectivity index (χ2n) is 4.12. The Balaban J connectivity index is 1.97. The number of rotatable bonds is 4. The van der Waals surface area contributed by atoms with E-state index in [9.17, 15) is 4.79 Å². The third kappa shape index (κ3) is 3.92. The van der Waals surface area contributed by atoms with Gasteiger partial charge in [-0.2, -0.15) is 0 Å². The number of carbonyl (C=O) groups excluding carboxylic acids is 1. The zero-order valence-electron chi connectivity index (χ0n) is 10.6. The quantitative estimate of drug-likeness (QED) is 0.911. The van der Waals surface area contributed by atoms with Crippen molar-refractivity contribution in [2.24, 2.45) is 0 Å². The fourth-order valence-electron chi connectivity index (χ4n) is 1.81. The summed E-state index contributed by atoms with van der Waals surface area (Å²) in [5.74, 6) is 0.355. The summed E-state index contributed by atoms with van der Waals surface area (Å²) < 4.78 is 16.7. The van der Waals surface area contributed by atoms with Crippen LogP contribution < -0.4 is 10.1 Å². The molecule has 5 nitrogen and oxygen atoms in total. The van der Waals surface area contributed by atoms with Crippen molar-refractivity contribution in [3.05, 3.63) is 28.2 Å². The Labute approximate surface area is 120 Å². The fourth-order valence-corrected chi connectivity index (χ4v) is 2.17. The number of hydrogen-bond acceptors (Lipinski definition) is 4. The van der Waals surface area contributed by atoms with E-state index in [2.05, 4.69) is 21.2 Å². The first kappa shape index (κ1) is 14.3. The zero-order valence-corrected chi connectivity index (χ0v) is 12.2. The Bertz CT molecular complexity index is 446. The van der Waals surface area contributed by atoms with Crippen molar-refractivity contribution in [2.75, 3.05) is 33.5 Å². The Morgan fingerprint density at radius 3 is 3.05 bits per heavy atom. The molecule has 1 unspecified atom stereocenters. The van der Waals surface area contributed by atoms with Crippen LogP contribution in [0.1, 0.15) is 10.4 Å². The summed E-state index contributed by atoms with van der Waals surface area (Å²) in [4.78, 5) is 12.1. The molecule has 1 amide bonds. The molecule has 0 aromatic heterocycles. The Hall–Kier alpha value is -1.11. The molecule has 1 atom stereocenters. The minimum atomic E-state index is -0.188. The lowest BCUT2D eigenvalue weighted by molar-refractivity contribution is -0.0855. The van der Waals surface area contributed by atoms with Crippen LogP contribution >= 0.6 is 15.9 Å². The fraction of sp³-hybridized carbons (Fsp3) is 0.462. The molecule has 1 saturated heterocycles.